The molecule has 1 saturated carbocycles. The molecule has 0 saturated heterocycles. The minimum absolute atomic E-state index is 0.234. The van der Waals surface area contributed by atoms with Gasteiger partial charge >= 0.3 is 0 Å². The minimum Gasteiger partial charge on any atom is -0.388 e. The molecule has 0 spiro atoms. The summed E-state index contributed by atoms with van der Waals surface area (Å²) in [4.78, 5) is 19.4. The number of aromatic nitrogens is 2. The molecule has 2 N–H and O–H groups in total. The minimum atomic E-state index is -0.761. The van der Waals surface area contributed by atoms with Gasteiger partial charge in [-0.25, -0.2) is 9.97 Å². The highest BCUT2D eigenvalue weighted by molar-refractivity contribution is 5.93. The maximum atomic E-state index is 11.8. The number of rotatable bonds is 3. The lowest BCUT2D eigenvalue weighted by molar-refractivity contribution is -0.0109. The maximum absolute atomic E-state index is 11.8. The van der Waals surface area contributed by atoms with Gasteiger partial charge < -0.3 is 10.4 Å². The number of hydrogen-bond donors (Lipinski definition) is 2. The molecule has 1 heterocycles. The molecule has 2 unspecified atom stereocenters. The van der Waals surface area contributed by atoms with Crippen molar-refractivity contribution in [2.75, 3.05) is 6.54 Å². The van der Waals surface area contributed by atoms with Crippen LogP contribution in [0.15, 0.2) is 18.7 Å². The number of aliphatic hydroxyl groups is 1. The fourth-order valence-corrected chi connectivity index (χ4v) is 2.56. The van der Waals surface area contributed by atoms with Crippen LogP contribution < -0.4 is 5.32 Å². The molecule has 5 nitrogen and oxygen atoms in total. The maximum Gasteiger partial charge on any atom is 0.254 e. The zero-order valence-electron chi connectivity index (χ0n) is 10.6. The third kappa shape index (κ3) is 3.26. The van der Waals surface area contributed by atoms with Crippen molar-refractivity contribution in [3.8, 4) is 0 Å². The first-order valence-corrected chi connectivity index (χ1v) is 6.35. The summed E-state index contributed by atoms with van der Waals surface area (Å²) in [5, 5.41) is 13.2. The van der Waals surface area contributed by atoms with Crippen molar-refractivity contribution in [2.24, 2.45) is 5.92 Å². The number of hydrogen-bond acceptors (Lipinski definition) is 4. The Morgan fingerprint density at radius 2 is 2.28 bits per heavy atom. The second-order valence-corrected chi connectivity index (χ2v) is 5.24. The largest absolute Gasteiger partial charge is 0.388 e. The van der Waals surface area contributed by atoms with Crippen LogP contribution in [0.5, 0.6) is 0 Å². The molecule has 18 heavy (non-hydrogen) atoms. The monoisotopic (exact) mass is 249 g/mol. The Bertz CT molecular complexity index is 410. The van der Waals surface area contributed by atoms with E-state index in [4.69, 9.17) is 0 Å². The molecular weight excluding hydrogens is 230 g/mol. The highest BCUT2D eigenvalue weighted by atomic mass is 16.3. The standard InChI is InChI=1S/C13H19N3O2/c1-10-3-2-4-13(18,5-10)8-16-12(17)11-6-14-9-15-7-11/h6-7,9-10,18H,2-5,8H2,1H3,(H,16,17). The molecule has 0 bridgehead atoms. The van der Waals surface area contributed by atoms with Gasteiger partial charge in [-0.1, -0.05) is 19.8 Å². The van der Waals surface area contributed by atoms with Crippen LogP contribution >= 0.6 is 0 Å². The number of nitrogens with one attached hydrogen (secondary N) is 1. The molecule has 1 fully saturated rings. The van der Waals surface area contributed by atoms with Gasteiger partial charge in [0.1, 0.15) is 6.33 Å². The van der Waals surface area contributed by atoms with Crippen LogP contribution in [0.1, 0.15) is 43.0 Å². The Hall–Kier alpha value is -1.49. The van der Waals surface area contributed by atoms with Crippen LogP contribution in [0.25, 0.3) is 0 Å². The second kappa shape index (κ2) is 5.44. The molecule has 1 aromatic rings. The fourth-order valence-electron chi connectivity index (χ4n) is 2.56. The van der Waals surface area contributed by atoms with Crippen molar-refractivity contribution in [3.63, 3.8) is 0 Å². The first-order valence-electron chi connectivity index (χ1n) is 6.35. The van der Waals surface area contributed by atoms with Crippen molar-refractivity contribution in [3.05, 3.63) is 24.3 Å². The molecular formula is C13H19N3O2. The molecule has 98 valence electrons. The van der Waals surface area contributed by atoms with Crippen molar-refractivity contribution >= 4 is 5.91 Å². The highest BCUT2D eigenvalue weighted by Crippen LogP contribution is 2.31. The first kappa shape index (κ1) is 13.0. The van der Waals surface area contributed by atoms with E-state index in [2.05, 4.69) is 22.2 Å². The average Bonchev–Trinajstić information content (AvgIpc) is 2.37. The van der Waals surface area contributed by atoms with Crippen LogP contribution in [0.4, 0.5) is 0 Å². The van der Waals surface area contributed by atoms with Crippen LogP contribution in [-0.2, 0) is 0 Å². The molecule has 0 aromatic carbocycles. The van der Waals surface area contributed by atoms with E-state index in [1.807, 2.05) is 0 Å². The van der Waals surface area contributed by atoms with E-state index in [0.29, 0.717) is 18.0 Å². The predicted octanol–water partition coefficient (Wildman–Crippen LogP) is 1.15. The molecule has 2 rings (SSSR count). The smallest absolute Gasteiger partial charge is 0.254 e. The summed E-state index contributed by atoms with van der Waals surface area (Å²) in [5.41, 5.74) is -0.340. The molecule has 0 aliphatic heterocycles. The summed E-state index contributed by atoms with van der Waals surface area (Å²) >= 11 is 0. The Kier molecular flexibility index (Phi) is 3.91. The van der Waals surface area contributed by atoms with E-state index in [-0.39, 0.29) is 5.91 Å². The van der Waals surface area contributed by atoms with Gasteiger partial charge in [0.05, 0.1) is 11.2 Å². The predicted molar refractivity (Wildman–Crippen MR) is 66.9 cm³/mol. The normalized spacial score (nSPS) is 27.8. The first-order chi connectivity index (χ1) is 8.59. The summed E-state index contributed by atoms with van der Waals surface area (Å²) in [5.74, 6) is 0.281. The summed E-state index contributed by atoms with van der Waals surface area (Å²) in [7, 11) is 0. The van der Waals surface area contributed by atoms with Crippen LogP contribution in [0, 0.1) is 5.92 Å². The number of carbonyl (C=O) groups excluding carboxylic acids is 1. The molecule has 5 heteroatoms. The van der Waals surface area contributed by atoms with Crippen LogP contribution in [-0.4, -0.2) is 33.1 Å². The number of carbonyl (C=O) groups is 1. The van der Waals surface area contributed by atoms with Crippen molar-refractivity contribution in [2.45, 2.75) is 38.2 Å². The quantitative estimate of drug-likeness (QED) is 0.842. The van der Waals surface area contributed by atoms with Gasteiger partial charge in [0.15, 0.2) is 0 Å². The Labute approximate surface area is 107 Å². The Morgan fingerprint density at radius 1 is 1.56 bits per heavy atom. The lowest BCUT2D eigenvalue weighted by atomic mass is 9.79. The van der Waals surface area contributed by atoms with Gasteiger partial charge in [-0.15, -0.1) is 0 Å². The summed E-state index contributed by atoms with van der Waals surface area (Å²) < 4.78 is 0. The third-order valence-corrected chi connectivity index (χ3v) is 3.47. The molecule has 1 aliphatic carbocycles. The summed E-state index contributed by atoms with van der Waals surface area (Å²) in [6.45, 7) is 2.43. The lowest BCUT2D eigenvalue weighted by Crippen LogP contribution is -2.45. The van der Waals surface area contributed by atoms with Gasteiger partial charge in [0, 0.05) is 18.9 Å². The zero-order chi connectivity index (χ0) is 13.0. The van der Waals surface area contributed by atoms with E-state index in [1.54, 1.807) is 0 Å². The topological polar surface area (TPSA) is 75.1 Å². The molecule has 1 amide bonds. The zero-order valence-corrected chi connectivity index (χ0v) is 10.6. The van der Waals surface area contributed by atoms with E-state index < -0.39 is 5.60 Å². The van der Waals surface area contributed by atoms with Crippen molar-refractivity contribution in [1.29, 1.82) is 0 Å². The number of nitrogens with zero attached hydrogens (tertiary/aromatic N) is 2. The molecule has 1 aliphatic rings. The molecule has 2 atom stereocenters. The van der Waals surface area contributed by atoms with Crippen molar-refractivity contribution < 1.29 is 9.90 Å². The third-order valence-electron chi connectivity index (χ3n) is 3.47. The SMILES string of the molecule is CC1CCCC(O)(CNC(=O)c2cncnc2)C1. The second-order valence-electron chi connectivity index (χ2n) is 5.24. The van der Waals surface area contributed by atoms with Gasteiger partial charge in [0.25, 0.3) is 5.91 Å². The van der Waals surface area contributed by atoms with E-state index >= 15 is 0 Å². The van der Waals surface area contributed by atoms with E-state index in [0.717, 1.165) is 25.7 Å². The highest BCUT2D eigenvalue weighted by Gasteiger charge is 2.32. The fraction of sp³-hybridized carbons (Fsp3) is 0.615. The Balaban J connectivity index is 1.89. The van der Waals surface area contributed by atoms with Gasteiger partial charge in [-0.3, -0.25) is 4.79 Å². The number of amides is 1. The lowest BCUT2D eigenvalue weighted by Gasteiger charge is -2.35. The van der Waals surface area contributed by atoms with Crippen LogP contribution in [0.2, 0.25) is 0 Å². The Morgan fingerprint density at radius 3 is 2.94 bits per heavy atom. The van der Waals surface area contributed by atoms with Crippen LogP contribution in [0.3, 0.4) is 0 Å². The average molecular weight is 249 g/mol. The molecule has 1 aromatic heterocycles. The molecule has 0 radical (unpaired) electrons. The van der Waals surface area contributed by atoms with Gasteiger partial charge in [0.2, 0.25) is 0 Å². The van der Waals surface area contributed by atoms with Gasteiger partial charge in [-0.2, -0.15) is 0 Å². The summed E-state index contributed by atoms with van der Waals surface area (Å²) in [6.07, 6.45) is 7.99. The summed E-state index contributed by atoms with van der Waals surface area (Å²) in [6, 6.07) is 0. The van der Waals surface area contributed by atoms with E-state index in [1.165, 1.54) is 18.7 Å². The van der Waals surface area contributed by atoms with E-state index in [9.17, 15) is 9.90 Å². The van der Waals surface area contributed by atoms with Gasteiger partial charge in [-0.05, 0) is 18.8 Å². The van der Waals surface area contributed by atoms with Crippen molar-refractivity contribution in [1.82, 2.24) is 15.3 Å².